The SMILES string of the molecule is COCCN1C(=O)C(c2ccc(OC(C)C)cc2)=C(N2CCCC(CO)C2)C1=O. The van der Waals surface area contributed by atoms with E-state index in [1.54, 1.807) is 7.11 Å². The number of likely N-dealkylation sites (tertiary alicyclic amines) is 1. The third-order valence-corrected chi connectivity index (χ3v) is 5.27. The molecule has 0 radical (unpaired) electrons. The Morgan fingerprint density at radius 1 is 1.17 bits per heavy atom. The van der Waals surface area contributed by atoms with Crippen LogP contribution in [0.25, 0.3) is 5.57 Å². The van der Waals surface area contributed by atoms with Gasteiger partial charge in [-0.1, -0.05) is 12.1 Å². The van der Waals surface area contributed by atoms with E-state index >= 15 is 0 Å². The molecule has 7 nitrogen and oxygen atoms in total. The van der Waals surface area contributed by atoms with Gasteiger partial charge in [-0.3, -0.25) is 14.5 Å². The first-order valence-electron chi connectivity index (χ1n) is 10.2. The minimum absolute atomic E-state index is 0.0543. The van der Waals surface area contributed by atoms with Crippen LogP contribution in [0.3, 0.4) is 0 Å². The van der Waals surface area contributed by atoms with Crippen molar-refractivity contribution in [3.8, 4) is 5.75 Å². The van der Waals surface area contributed by atoms with Gasteiger partial charge in [0, 0.05) is 26.8 Å². The summed E-state index contributed by atoms with van der Waals surface area (Å²) in [6, 6.07) is 7.29. The zero-order valence-corrected chi connectivity index (χ0v) is 17.4. The Morgan fingerprint density at radius 2 is 1.90 bits per heavy atom. The molecule has 2 heterocycles. The van der Waals surface area contributed by atoms with Crippen LogP contribution in [-0.2, 0) is 14.3 Å². The Kier molecular flexibility index (Phi) is 6.92. The molecule has 0 bridgehead atoms. The van der Waals surface area contributed by atoms with Gasteiger partial charge in [0.2, 0.25) is 0 Å². The summed E-state index contributed by atoms with van der Waals surface area (Å²) in [4.78, 5) is 29.6. The lowest BCUT2D eigenvalue weighted by atomic mass is 9.97. The monoisotopic (exact) mass is 402 g/mol. The standard InChI is InChI=1S/C22H30N2O5/c1-15(2)29-18-8-6-17(7-9-18)19-20(23-10-4-5-16(13-23)14-25)22(27)24(21(19)26)11-12-28-3/h6-9,15-16,25H,4-5,10-14H2,1-3H3. The highest BCUT2D eigenvalue weighted by atomic mass is 16.5. The van der Waals surface area contributed by atoms with Gasteiger partial charge in [0.05, 0.1) is 24.8 Å². The Morgan fingerprint density at radius 3 is 2.52 bits per heavy atom. The Bertz CT molecular complexity index is 772. The van der Waals surface area contributed by atoms with E-state index in [1.165, 1.54) is 4.90 Å². The molecule has 2 aliphatic rings. The molecule has 0 spiro atoms. The normalized spacial score (nSPS) is 20.2. The smallest absolute Gasteiger partial charge is 0.277 e. The lowest BCUT2D eigenvalue weighted by molar-refractivity contribution is -0.138. The van der Waals surface area contributed by atoms with E-state index < -0.39 is 0 Å². The number of hydrogen-bond donors (Lipinski definition) is 1. The molecule has 1 saturated heterocycles. The van der Waals surface area contributed by atoms with Gasteiger partial charge in [-0.2, -0.15) is 0 Å². The van der Waals surface area contributed by atoms with Crippen molar-refractivity contribution in [1.29, 1.82) is 0 Å². The second-order valence-electron chi connectivity index (χ2n) is 7.81. The van der Waals surface area contributed by atoms with Crippen molar-refractivity contribution >= 4 is 17.4 Å². The third kappa shape index (κ3) is 4.62. The van der Waals surface area contributed by atoms with Gasteiger partial charge in [-0.05, 0) is 50.3 Å². The molecule has 0 aromatic heterocycles. The fourth-order valence-electron chi connectivity index (χ4n) is 3.89. The molecule has 7 heteroatoms. The van der Waals surface area contributed by atoms with Crippen molar-refractivity contribution in [2.24, 2.45) is 5.92 Å². The van der Waals surface area contributed by atoms with Crippen LogP contribution >= 0.6 is 0 Å². The zero-order chi connectivity index (χ0) is 21.0. The molecule has 0 saturated carbocycles. The predicted molar refractivity (Wildman–Crippen MR) is 109 cm³/mol. The highest BCUT2D eigenvalue weighted by Gasteiger charge is 2.42. The number of hydrogen-bond acceptors (Lipinski definition) is 6. The fourth-order valence-corrected chi connectivity index (χ4v) is 3.89. The summed E-state index contributed by atoms with van der Waals surface area (Å²) in [7, 11) is 1.55. The molecule has 1 aromatic carbocycles. The van der Waals surface area contributed by atoms with Crippen LogP contribution in [0.4, 0.5) is 0 Å². The number of aliphatic hydroxyl groups is 1. The Labute approximate surface area is 171 Å². The lowest BCUT2D eigenvalue weighted by Crippen LogP contribution is -2.41. The highest BCUT2D eigenvalue weighted by molar-refractivity contribution is 6.35. The largest absolute Gasteiger partial charge is 0.491 e. The quantitative estimate of drug-likeness (QED) is 0.669. The van der Waals surface area contributed by atoms with Gasteiger partial charge in [0.1, 0.15) is 11.4 Å². The summed E-state index contributed by atoms with van der Waals surface area (Å²) in [5.41, 5.74) is 1.54. The van der Waals surface area contributed by atoms with Crippen molar-refractivity contribution < 1.29 is 24.2 Å². The number of piperidine rings is 1. The lowest BCUT2D eigenvalue weighted by Gasteiger charge is -2.34. The summed E-state index contributed by atoms with van der Waals surface area (Å²) in [5.74, 6) is 0.237. The van der Waals surface area contributed by atoms with Crippen LogP contribution in [0.2, 0.25) is 0 Å². The van der Waals surface area contributed by atoms with Gasteiger partial charge in [-0.15, -0.1) is 0 Å². The van der Waals surface area contributed by atoms with Crippen molar-refractivity contribution in [3.05, 3.63) is 35.5 Å². The molecule has 1 fully saturated rings. The van der Waals surface area contributed by atoms with Crippen LogP contribution in [0, 0.1) is 5.92 Å². The maximum Gasteiger partial charge on any atom is 0.277 e. The number of imide groups is 1. The number of ether oxygens (including phenoxy) is 2. The molecule has 0 aliphatic carbocycles. The number of methoxy groups -OCH3 is 1. The first-order chi connectivity index (χ1) is 14.0. The molecule has 29 heavy (non-hydrogen) atoms. The van der Waals surface area contributed by atoms with Crippen LogP contribution in [-0.4, -0.2) is 72.8 Å². The van der Waals surface area contributed by atoms with E-state index in [-0.39, 0.29) is 37.0 Å². The van der Waals surface area contributed by atoms with Gasteiger partial charge >= 0.3 is 0 Å². The van der Waals surface area contributed by atoms with E-state index in [1.807, 2.05) is 43.0 Å². The molecular weight excluding hydrogens is 372 g/mol. The molecule has 2 aliphatic heterocycles. The summed E-state index contributed by atoms with van der Waals surface area (Å²) >= 11 is 0. The molecule has 3 rings (SSSR count). The molecule has 158 valence electrons. The van der Waals surface area contributed by atoms with Crippen molar-refractivity contribution in [1.82, 2.24) is 9.80 Å². The van der Waals surface area contributed by atoms with Crippen LogP contribution in [0.1, 0.15) is 32.3 Å². The number of benzene rings is 1. The minimum Gasteiger partial charge on any atom is -0.491 e. The van der Waals surface area contributed by atoms with Crippen molar-refractivity contribution in [3.63, 3.8) is 0 Å². The Hall–Kier alpha value is -2.38. The first-order valence-corrected chi connectivity index (χ1v) is 10.2. The maximum absolute atomic E-state index is 13.2. The molecule has 1 unspecified atom stereocenters. The van der Waals surface area contributed by atoms with Gasteiger partial charge in [-0.25, -0.2) is 0 Å². The van der Waals surface area contributed by atoms with E-state index in [2.05, 4.69) is 0 Å². The number of carbonyl (C=O) groups excluding carboxylic acids is 2. The minimum atomic E-state index is -0.300. The van der Waals surface area contributed by atoms with Gasteiger partial charge < -0.3 is 19.5 Å². The number of amides is 2. The summed E-state index contributed by atoms with van der Waals surface area (Å²) < 4.78 is 10.8. The van der Waals surface area contributed by atoms with Crippen LogP contribution < -0.4 is 4.74 Å². The van der Waals surface area contributed by atoms with E-state index in [9.17, 15) is 14.7 Å². The van der Waals surface area contributed by atoms with Crippen molar-refractivity contribution in [2.75, 3.05) is 40.0 Å². The molecule has 1 atom stereocenters. The topological polar surface area (TPSA) is 79.3 Å². The fraction of sp³-hybridized carbons (Fsp3) is 0.545. The number of aliphatic hydroxyl groups excluding tert-OH is 1. The van der Waals surface area contributed by atoms with Crippen molar-refractivity contribution in [2.45, 2.75) is 32.8 Å². The summed E-state index contributed by atoms with van der Waals surface area (Å²) in [6.45, 7) is 5.76. The second kappa shape index (κ2) is 9.41. The van der Waals surface area contributed by atoms with Crippen LogP contribution in [0.5, 0.6) is 5.75 Å². The van der Waals surface area contributed by atoms with E-state index in [4.69, 9.17) is 9.47 Å². The van der Waals surface area contributed by atoms with E-state index in [0.29, 0.717) is 36.5 Å². The maximum atomic E-state index is 13.2. The average molecular weight is 402 g/mol. The summed E-state index contributed by atoms with van der Waals surface area (Å²) in [5, 5.41) is 9.59. The van der Waals surface area contributed by atoms with Gasteiger partial charge in [0.25, 0.3) is 11.8 Å². The molecule has 2 amide bonds. The molecule has 1 N–H and O–H groups in total. The summed E-state index contributed by atoms with van der Waals surface area (Å²) in [6.07, 6.45) is 1.85. The third-order valence-electron chi connectivity index (χ3n) is 5.27. The highest BCUT2D eigenvalue weighted by Crippen LogP contribution is 2.34. The number of carbonyl (C=O) groups is 2. The second-order valence-corrected chi connectivity index (χ2v) is 7.81. The van der Waals surface area contributed by atoms with E-state index in [0.717, 1.165) is 18.6 Å². The molecule has 1 aromatic rings. The predicted octanol–water partition coefficient (Wildman–Crippen LogP) is 1.90. The van der Waals surface area contributed by atoms with Gasteiger partial charge in [0.15, 0.2) is 0 Å². The average Bonchev–Trinajstić information content (AvgIpc) is 2.96. The Balaban J connectivity index is 1.97. The molecular formula is C22H30N2O5. The van der Waals surface area contributed by atoms with Crippen LogP contribution in [0.15, 0.2) is 30.0 Å². The first kappa shape index (κ1) is 21.3. The number of nitrogens with zero attached hydrogens (tertiary/aromatic N) is 2. The number of rotatable bonds is 8. The zero-order valence-electron chi connectivity index (χ0n) is 17.4.